The molecule has 3 aliphatic rings. The first kappa shape index (κ1) is 63.5. The van der Waals surface area contributed by atoms with Crippen molar-refractivity contribution in [1.82, 2.24) is 39.5 Å². The van der Waals surface area contributed by atoms with E-state index in [4.69, 9.17) is 94.6 Å². The largest absolute Gasteiger partial charge is 0.756 e. The second-order valence-corrected chi connectivity index (χ2v) is 16.5. The van der Waals surface area contributed by atoms with Crippen LogP contribution in [0, 0.1) is 54.3 Å². The van der Waals surface area contributed by atoms with Gasteiger partial charge in [-0.15, -0.1) is 19.3 Å². The number of phosphoric acid groups is 1. The molecule has 0 bridgehead atoms. The number of nitrogens with zero attached hydrogens (tertiary/aromatic N) is 7. The van der Waals surface area contributed by atoms with Crippen molar-refractivity contribution in [2.45, 2.75) is 80.1 Å². The van der Waals surface area contributed by atoms with Gasteiger partial charge in [-0.1, -0.05) is 26.7 Å². The second kappa shape index (κ2) is 29.1. The van der Waals surface area contributed by atoms with E-state index >= 15 is 0 Å². The highest BCUT2D eigenvalue weighted by molar-refractivity contribution is 7.96. The normalized spacial score (nSPS) is 27.4. The Morgan fingerprint density at radius 3 is 1.89 bits per heavy atom. The number of terminal acetylenes is 3. The van der Waals surface area contributed by atoms with Crippen molar-refractivity contribution in [2.24, 2.45) is 0 Å². The molecular weight excluding hydrogens is 1060 g/mol. The van der Waals surface area contributed by atoms with E-state index < -0.39 is 104 Å². The Kier molecular flexibility index (Phi) is 26.4. The Bertz CT molecular complexity index is 2540. The lowest BCUT2D eigenvalue weighted by molar-refractivity contribution is -0.644. The quantitative estimate of drug-likeness (QED) is 0.0275. The van der Waals surface area contributed by atoms with E-state index in [1.54, 1.807) is 6.92 Å². The number of aliphatic hydroxyl groups excluding tert-OH is 6. The molecule has 7 heterocycles. The Hall–Kier alpha value is -4.52. The third-order valence-corrected chi connectivity index (χ3v) is 9.44. The summed E-state index contributed by atoms with van der Waals surface area (Å²) in [6, 6.07) is 0. The van der Waals surface area contributed by atoms with Crippen molar-refractivity contribution in [3.05, 3.63) is 24.8 Å². The molecule has 0 spiro atoms. The molecule has 32 nitrogen and oxygen atoms in total. The minimum absolute atomic E-state index is 0.0741. The zero-order valence-corrected chi connectivity index (χ0v) is 39.9. The molecule has 39 heteroatoms. The van der Waals surface area contributed by atoms with Crippen LogP contribution in [0.25, 0.3) is 22.3 Å². The summed E-state index contributed by atoms with van der Waals surface area (Å²) in [6.07, 6.45) is 10.2. The first-order valence-electron chi connectivity index (χ1n) is 18.0. The number of nitrogens with two attached hydrogens (primary N) is 2. The number of nitrogens with one attached hydrogen (secondary N) is 2. The molecule has 4 aromatic heterocycles. The predicted molar refractivity (Wildman–Crippen MR) is 225 cm³/mol. The third kappa shape index (κ3) is 18.6. The number of fused-ring (bicyclic) bond motifs is 2. The Morgan fingerprint density at radius 1 is 0.957 bits per heavy atom. The van der Waals surface area contributed by atoms with Gasteiger partial charge in [-0.05, 0) is 16.1 Å². The zero-order valence-electron chi connectivity index (χ0n) is 35.2. The first-order valence-corrected chi connectivity index (χ1v) is 24.2. The van der Waals surface area contributed by atoms with Crippen LogP contribution in [0.1, 0.15) is 32.4 Å². The van der Waals surface area contributed by atoms with Crippen LogP contribution < -0.4 is 31.4 Å². The number of rotatable bonds is 7. The van der Waals surface area contributed by atoms with E-state index in [1.807, 2.05) is 5.92 Å². The number of halogens is 2. The fourth-order valence-corrected chi connectivity index (χ4v) is 5.84. The lowest BCUT2D eigenvalue weighted by Gasteiger charge is -2.24. The van der Waals surface area contributed by atoms with Crippen LogP contribution in [0.2, 0.25) is 0 Å². The molecule has 0 amide bonds. The number of aliphatic hydroxyl groups is 6. The second-order valence-electron chi connectivity index (χ2n) is 13.1. The van der Waals surface area contributed by atoms with E-state index in [1.165, 1.54) is 17.2 Å². The number of H-pyrrole nitrogens is 1. The van der Waals surface area contributed by atoms with Crippen molar-refractivity contribution in [3.63, 3.8) is 0 Å². The lowest BCUT2D eigenvalue weighted by atomic mass is 9.99. The molecule has 70 heavy (non-hydrogen) atoms. The highest BCUT2D eigenvalue weighted by Crippen LogP contribution is 2.40. The zero-order chi connectivity index (χ0) is 53.8. The van der Waals surface area contributed by atoms with Crippen LogP contribution in [-0.4, -0.2) is 141 Å². The summed E-state index contributed by atoms with van der Waals surface area (Å²) in [6.45, 7) is 0.353. The minimum Gasteiger partial charge on any atom is -0.756 e. The van der Waals surface area contributed by atoms with Crippen LogP contribution in [0.4, 0.5) is 20.4 Å². The SMILES string of the molecule is C#C[C@]1(C)OC(O)C[C@@H]1O.C#C[C@]1(CO)O[C@@H](n2cnc3c(N)nc(F)nc32)C[C@@H]1O.C#C[C@]1(CO)O[C@H](OP(=O)([O-])O)C[C@@H]1O.N=PP.Nc1nc(F)nc2nc[nH]c12.O=[P+]([O-])OO.O=[P+]([O-])O[O-]. The fourth-order valence-electron chi connectivity index (χ4n) is 5.41. The number of hydrogen-bond donors (Lipinski definition) is 12. The number of ether oxygens (including phenoxy) is 3. The maximum absolute atomic E-state index is 13.3. The molecule has 7 rings (SSSR count). The topological polar surface area (TPSA) is 535 Å². The maximum Gasteiger partial charge on any atom is 0.521 e. The van der Waals surface area contributed by atoms with Gasteiger partial charge in [-0.25, -0.2) is 19.9 Å². The van der Waals surface area contributed by atoms with E-state index in [2.05, 4.69) is 69.5 Å². The van der Waals surface area contributed by atoms with Crippen molar-refractivity contribution >= 4 is 75.3 Å². The average Bonchev–Trinajstić information content (AvgIpc) is 4.12. The summed E-state index contributed by atoms with van der Waals surface area (Å²) < 4.78 is 79.8. The number of imidazole rings is 2. The van der Waals surface area contributed by atoms with Crippen LogP contribution >= 0.6 is 41.3 Å². The van der Waals surface area contributed by atoms with Gasteiger partial charge in [0, 0.05) is 32.0 Å². The molecule has 0 radical (unpaired) electrons. The van der Waals surface area contributed by atoms with Gasteiger partial charge in [0.25, 0.3) is 7.82 Å². The Balaban J connectivity index is 0.000000443. The molecule has 13 atom stereocenters. The summed E-state index contributed by atoms with van der Waals surface area (Å²) in [5.41, 5.74) is 7.79. The lowest BCUT2D eigenvalue weighted by Crippen LogP contribution is -2.41. The van der Waals surface area contributed by atoms with Gasteiger partial charge in [-0.2, -0.15) is 28.7 Å². The number of hydrogen-bond acceptors (Lipinski definition) is 29. The fraction of sp³-hybridized carbons (Fsp3) is 0.484. The minimum atomic E-state index is -4.96. The average molecular weight is 1100 g/mol. The molecule has 0 saturated carbocycles. The van der Waals surface area contributed by atoms with Crippen LogP contribution in [0.5, 0.6) is 0 Å². The smallest absolute Gasteiger partial charge is 0.521 e. The van der Waals surface area contributed by atoms with Crippen molar-refractivity contribution in [1.29, 1.82) is 5.16 Å². The summed E-state index contributed by atoms with van der Waals surface area (Å²) in [5, 5.41) is 77.5. The summed E-state index contributed by atoms with van der Waals surface area (Å²) in [4.78, 5) is 60.7. The number of anilines is 2. The molecule has 14 N–H and O–H groups in total. The number of nitrogen functional groups attached to an aromatic ring is 2. The van der Waals surface area contributed by atoms with Gasteiger partial charge in [0.05, 0.1) is 32.0 Å². The van der Waals surface area contributed by atoms with Crippen molar-refractivity contribution < 1.29 is 111 Å². The number of aromatic nitrogens is 8. The Labute approximate surface area is 397 Å². The number of phosphoric ester groups is 1. The van der Waals surface area contributed by atoms with Gasteiger partial charge < -0.3 is 86.1 Å². The highest BCUT2D eigenvalue weighted by atomic mass is 32.0. The summed E-state index contributed by atoms with van der Waals surface area (Å²) >= 11 is 0. The van der Waals surface area contributed by atoms with Crippen molar-refractivity contribution in [2.75, 3.05) is 24.7 Å². The maximum atomic E-state index is 13.3. The van der Waals surface area contributed by atoms with Gasteiger partial charge in [0.2, 0.25) is 0 Å². The predicted octanol–water partition coefficient (Wildman–Crippen LogP) is -4.05. The van der Waals surface area contributed by atoms with Crippen LogP contribution in [0.15, 0.2) is 12.7 Å². The standard InChI is InChI=1S/C12H12FN5O3.C7H11O7P.C7H10O3.C5H4FN5.H3NP2.2HO4P/c1-2-12(4-19)6(20)3-7(21-12)18-5-15-8-9(14)16-11(13)17-10(8)18;1-2-7(4-8)5(9)3-6(13-7)14-15(10,11)12;1-3-7(2)5(8)4-6(9)10-7;6-5-10-3(7)2-4(11-5)9-1-8-2;1-3-2;2*1-4-5(2)3/h1,5-7,19-20H,3-4H2,(H2,14,16,17);1,5-6,8-9H,3-4H2,(H2,10,11,12);1,5-6,8-9H,4H2,2H3;1H,(H3,7,8,9,10,11);1H,2H2;2*1H/p-2/t6-,7+,12+;5-,6+,7+;5-,6?,7-;;;;/m000..../s1. The molecule has 3 aliphatic heterocycles. The molecule has 4 aromatic rings. The molecule has 3 fully saturated rings. The molecule has 3 saturated heterocycles. The van der Waals surface area contributed by atoms with Crippen molar-refractivity contribution in [3.8, 4) is 37.0 Å². The highest BCUT2D eigenvalue weighted by Gasteiger charge is 2.49. The third-order valence-electron chi connectivity index (χ3n) is 8.69. The van der Waals surface area contributed by atoms with Crippen LogP contribution in [-0.2, 0) is 41.8 Å². The number of aromatic amines is 1. The summed E-state index contributed by atoms with van der Waals surface area (Å²) in [5.74, 6) is 6.53. The molecular formula is C31H40F2N11O21P5-2. The molecule has 386 valence electrons. The van der Waals surface area contributed by atoms with E-state index in [0.29, 0.717) is 13.6 Å². The van der Waals surface area contributed by atoms with Gasteiger partial charge >= 0.3 is 28.7 Å². The molecule has 0 aromatic carbocycles. The van der Waals surface area contributed by atoms with Gasteiger partial charge in [-0.3, -0.25) is 18.8 Å². The van der Waals surface area contributed by atoms with E-state index in [9.17, 15) is 38.7 Å². The van der Waals surface area contributed by atoms with E-state index in [-0.39, 0.29) is 47.7 Å². The monoisotopic (exact) mass is 1100 g/mol. The molecule has 5 unspecified atom stereocenters. The molecule has 0 aliphatic carbocycles. The summed E-state index contributed by atoms with van der Waals surface area (Å²) in [7, 11) is -8.35. The first-order chi connectivity index (χ1) is 32.6. The van der Waals surface area contributed by atoms with E-state index in [0.717, 1.165) is 0 Å². The van der Waals surface area contributed by atoms with Gasteiger partial charge in [0.15, 0.2) is 57.8 Å². The Morgan fingerprint density at radius 2 is 1.47 bits per heavy atom. The van der Waals surface area contributed by atoms with Crippen LogP contribution in [0.3, 0.4) is 0 Å². The van der Waals surface area contributed by atoms with Gasteiger partial charge in [0.1, 0.15) is 24.0 Å².